The van der Waals surface area contributed by atoms with E-state index >= 15 is 0 Å². The largest absolute Gasteiger partial charge is 0.496 e. The summed E-state index contributed by atoms with van der Waals surface area (Å²) in [6, 6.07) is 7.71. The molecule has 1 aliphatic heterocycles. The fourth-order valence-electron chi connectivity index (χ4n) is 3.14. The molecule has 3 rings (SSSR count). The normalized spacial score (nSPS) is 15.9. The van der Waals surface area contributed by atoms with Crippen molar-refractivity contribution in [1.82, 2.24) is 5.32 Å². The number of nitrogens with one attached hydrogen (secondary N) is 1. The van der Waals surface area contributed by atoms with Gasteiger partial charge in [0.1, 0.15) is 17.1 Å². The molecule has 1 aliphatic rings. The lowest BCUT2D eigenvalue weighted by atomic mass is 9.95. The number of ether oxygens (including phenoxy) is 1. The van der Waals surface area contributed by atoms with Crippen molar-refractivity contribution in [3.8, 4) is 5.75 Å². The number of imide groups is 2. The highest BCUT2D eigenvalue weighted by Gasteiger charge is 2.36. The van der Waals surface area contributed by atoms with Gasteiger partial charge in [0, 0.05) is 0 Å². The quantitative estimate of drug-likeness (QED) is 0.628. The van der Waals surface area contributed by atoms with Gasteiger partial charge in [0.15, 0.2) is 0 Å². The first kappa shape index (κ1) is 20.3. The second-order valence-electron chi connectivity index (χ2n) is 7.04. The lowest BCUT2D eigenvalue weighted by Crippen LogP contribution is -2.54. The molecule has 0 radical (unpaired) electrons. The van der Waals surface area contributed by atoms with Gasteiger partial charge in [-0.15, -0.1) is 0 Å². The van der Waals surface area contributed by atoms with Gasteiger partial charge in [-0.1, -0.05) is 13.8 Å². The van der Waals surface area contributed by atoms with E-state index < -0.39 is 23.7 Å². The Balaban J connectivity index is 2.07. The number of methoxy groups -OCH3 is 1. The molecule has 29 heavy (non-hydrogen) atoms. The number of anilines is 1. The molecule has 150 valence electrons. The van der Waals surface area contributed by atoms with Crippen molar-refractivity contribution in [1.29, 1.82) is 0 Å². The van der Waals surface area contributed by atoms with Gasteiger partial charge >= 0.3 is 6.03 Å². The van der Waals surface area contributed by atoms with E-state index in [1.807, 2.05) is 32.9 Å². The van der Waals surface area contributed by atoms with Crippen molar-refractivity contribution in [3.63, 3.8) is 0 Å². The first-order chi connectivity index (χ1) is 13.7. The maximum Gasteiger partial charge on any atom is 0.335 e. The van der Waals surface area contributed by atoms with Gasteiger partial charge in [0.25, 0.3) is 11.8 Å². The van der Waals surface area contributed by atoms with E-state index in [2.05, 4.69) is 5.32 Å². The summed E-state index contributed by atoms with van der Waals surface area (Å²) in [5.41, 5.74) is 2.39. The number of benzene rings is 2. The zero-order valence-electron chi connectivity index (χ0n) is 16.6. The van der Waals surface area contributed by atoms with E-state index in [-0.39, 0.29) is 17.2 Å². The molecule has 2 aromatic carbocycles. The number of barbiturate groups is 1. The van der Waals surface area contributed by atoms with Crippen molar-refractivity contribution in [2.75, 3.05) is 12.0 Å². The topological polar surface area (TPSA) is 75.7 Å². The number of carbonyl (C=O) groups excluding carboxylic acids is 3. The SMILES string of the molecule is COc1cc(C)c(/C=C2/C(=O)NC(=O)N(c3ccc(F)cc3)C2=O)cc1C(C)C. The zero-order chi connectivity index (χ0) is 21.3. The van der Waals surface area contributed by atoms with E-state index in [0.717, 1.165) is 33.9 Å². The molecule has 0 saturated carbocycles. The fraction of sp³-hybridized carbons (Fsp3) is 0.227. The lowest BCUT2D eigenvalue weighted by molar-refractivity contribution is -0.122. The molecule has 1 heterocycles. The van der Waals surface area contributed by atoms with Crippen LogP contribution in [0.2, 0.25) is 0 Å². The summed E-state index contributed by atoms with van der Waals surface area (Å²) in [6.45, 7) is 5.86. The Hall–Kier alpha value is -3.48. The number of rotatable bonds is 4. The molecular weight excluding hydrogens is 375 g/mol. The molecule has 0 aliphatic carbocycles. The maximum atomic E-state index is 13.2. The van der Waals surface area contributed by atoms with Crippen LogP contribution in [-0.4, -0.2) is 25.0 Å². The summed E-state index contributed by atoms with van der Waals surface area (Å²) < 4.78 is 18.6. The third-order valence-corrected chi connectivity index (χ3v) is 4.73. The predicted octanol–water partition coefficient (Wildman–Crippen LogP) is 3.93. The molecular formula is C22H21FN2O4. The van der Waals surface area contributed by atoms with Gasteiger partial charge in [0.2, 0.25) is 0 Å². The molecule has 0 unspecified atom stereocenters. The molecule has 2 aromatic rings. The van der Waals surface area contributed by atoms with Crippen LogP contribution in [0.4, 0.5) is 14.9 Å². The highest BCUT2D eigenvalue weighted by atomic mass is 19.1. The van der Waals surface area contributed by atoms with Gasteiger partial charge in [0.05, 0.1) is 12.8 Å². The van der Waals surface area contributed by atoms with Crippen LogP contribution in [0.1, 0.15) is 36.5 Å². The number of nitrogens with zero attached hydrogens (tertiary/aromatic N) is 1. The minimum atomic E-state index is -0.877. The second-order valence-corrected chi connectivity index (χ2v) is 7.04. The summed E-state index contributed by atoms with van der Waals surface area (Å²) in [5.74, 6) is -1.16. The van der Waals surface area contributed by atoms with Crippen LogP contribution >= 0.6 is 0 Å². The fourth-order valence-corrected chi connectivity index (χ4v) is 3.14. The van der Waals surface area contributed by atoms with Crippen molar-refractivity contribution in [3.05, 3.63) is 64.5 Å². The number of halogens is 1. The number of hydrogen-bond donors (Lipinski definition) is 1. The molecule has 0 atom stereocenters. The second kappa shape index (κ2) is 7.87. The smallest absolute Gasteiger partial charge is 0.335 e. The van der Waals surface area contributed by atoms with Crippen LogP contribution in [0.5, 0.6) is 5.75 Å². The first-order valence-corrected chi connectivity index (χ1v) is 9.08. The van der Waals surface area contributed by atoms with Crippen molar-refractivity contribution < 1.29 is 23.5 Å². The standard InChI is InChI=1S/C22H21FN2O4/c1-12(2)17-10-14(13(3)9-19(17)29-4)11-18-20(26)24-22(28)25(21(18)27)16-7-5-15(23)6-8-16/h5-12H,1-4H3,(H,24,26,28)/b18-11-. The summed E-state index contributed by atoms with van der Waals surface area (Å²) in [4.78, 5) is 38.4. The van der Waals surface area contributed by atoms with E-state index in [0.29, 0.717) is 5.56 Å². The van der Waals surface area contributed by atoms with Gasteiger partial charge < -0.3 is 4.74 Å². The number of hydrogen-bond acceptors (Lipinski definition) is 4. The molecule has 0 aromatic heterocycles. The average molecular weight is 396 g/mol. The Labute approximate surface area is 168 Å². The van der Waals surface area contributed by atoms with Crippen LogP contribution in [0.15, 0.2) is 42.0 Å². The molecule has 0 spiro atoms. The van der Waals surface area contributed by atoms with Crippen molar-refractivity contribution >= 4 is 29.6 Å². The Morgan fingerprint density at radius 3 is 2.34 bits per heavy atom. The van der Waals surface area contributed by atoms with Gasteiger partial charge in [-0.3, -0.25) is 14.9 Å². The molecule has 6 nitrogen and oxygen atoms in total. The van der Waals surface area contributed by atoms with Crippen molar-refractivity contribution in [2.24, 2.45) is 0 Å². The number of aryl methyl sites for hydroxylation is 1. The Morgan fingerprint density at radius 2 is 1.76 bits per heavy atom. The Bertz CT molecular complexity index is 1030. The summed E-state index contributed by atoms with van der Waals surface area (Å²) in [7, 11) is 1.59. The molecule has 7 heteroatoms. The molecule has 0 bridgehead atoms. The summed E-state index contributed by atoms with van der Waals surface area (Å²) >= 11 is 0. The molecule has 1 N–H and O–H groups in total. The van der Waals surface area contributed by atoms with Crippen LogP contribution in [-0.2, 0) is 9.59 Å². The summed E-state index contributed by atoms with van der Waals surface area (Å²) in [5, 5.41) is 2.16. The minimum Gasteiger partial charge on any atom is -0.496 e. The predicted molar refractivity (Wildman–Crippen MR) is 107 cm³/mol. The monoisotopic (exact) mass is 396 g/mol. The van der Waals surface area contributed by atoms with Crippen molar-refractivity contribution in [2.45, 2.75) is 26.7 Å². The van der Waals surface area contributed by atoms with Gasteiger partial charge in [-0.25, -0.2) is 14.1 Å². The first-order valence-electron chi connectivity index (χ1n) is 9.08. The van der Waals surface area contributed by atoms with Crippen LogP contribution in [0, 0.1) is 12.7 Å². The Kier molecular flexibility index (Phi) is 5.50. The number of amides is 4. The third kappa shape index (κ3) is 3.89. The van der Waals surface area contributed by atoms with Gasteiger partial charge in [-0.2, -0.15) is 0 Å². The van der Waals surface area contributed by atoms with E-state index in [4.69, 9.17) is 4.74 Å². The van der Waals surface area contributed by atoms with Crippen LogP contribution < -0.4 is 15.0 Å². The Morgan fingerprint density at radius 1 is 1.10 bits per heavy atom. The third-order valence-electron chi connectivity index (χ3n) is 4.73. The van der Waals surface area contributed by atoms with Gasteiger partial charge in [-0.05, 0) is 72.0 Å². The van der Waals surface area contributed by atoms with Crippen LogP contribution in [0.3, 0.4) is 0 Å². The summed E-state index contributed by atoms with van der Waals surface area (Å²) in [6.07, 6.45) is 1.46. The highest BCUT2D eigenvalue weighted by Crippen LogP contribution is 2.31. The minimum absolute atomic E-state index is 0.163. The number of carbonyl (C=O) groups is 3. The molecule has 1 saturated heterocycles. The zero-order valence-corrected chi connectivity index (χ0v) is 16.6. The average Bonchev–Trinajstić information content (AvgIpc) is 2.67. The molecule has 4 amide bonds. The molecule has 1 fully saturated rings. The lowest BCUT2D eigenvalue weighted by Gasteiger charge is -2.26. The van der Waals surface area contributed by atoms with E-state index in [1.165, 1.54) is 18.2 Å². The van der Waals surface area contributed by atoms with Crippen LogP contribution in [0.25, 0.3) is 6.08 Å². The highest BCUT2D eigenvalue weighted by molar-refractivity contribution is 6.39. The number of urea groups is 1. The van der Waals surface area contributed by atoms with E-state index in [1.54, 1.807) is 7.11 Å². The maximum absolute atomic E-state index is 13.2. The van der Waals surface area contributed by atoms with E-state index in [9.17, 15) is 18.8 Å².